The molecule has 0 bridgehead atoms. The third-order valence-electron chi connectivity index (χ3n) is 4.25. The monoisotopic (exact) mass is 181 g/mol. The van der Waals surface area contributed by atoms with E-state index < -0.39 is 0 Å². The van der Waals surface area contributed by atoms with Crippen LogP contribution < -0.4 is 0 Å². The molecule has 1 unspecified atom stereocenters. The van der Waals surface area contributed by atoms with Crippen LogP contribution in [0.15, 0.2) is 12.7 Å². The molecule has 1 atom stereocenters. The van der Waals surface area contributed by atoms with Crippen molar-refractivity contribution in [2.75, 3.05) is 13.6 Å². The minimum absolute atomic E-state index is 0.305. The molecule has 1 aliphatic heterocycles. The molecule has 1 saturated heterocycles. The zero-order chi connectivity index (χ0) is 10.1. The molecule has 0 aromatic heterocycles. The molecule has 1 heteroatoms. The minimum Gasteiger partial charge on any atom is -0.301 e. The summed E-state index contributed by atoms with van der Waals surface area (Å²) in [5.74, 6) is 0. The lowest BCUT2D eigenvalue weighted by Crippen LogP contribution is -2.56. The van der Waals surface area contributed by atoms with Crippen LogP contribution in [0, 0.1) is 5.41 Å². The van der Waals surface area contributed by atoms with Gasteiger partial charge in [-0.25, -0.2) is 0 Å². The highest BCUT2D eigenvalue weighted by Gasteiger charge is 2.44. The maximum atomic E-state index is 3.87. The number of likely N-dealkylation sites (tertiary alicyclic amines) is 1. The minimum atomic E-state index is 0.305. The van der Waals surface area contributed by atoms with Crippen LogP contribution in [0.25, 0.3) is 0 Å². The van der Waals surface area contributed by atoms with E-state index >= 15 is 0 Å². The van der Waals surface area contributed by atoms with Crippen molar-refractivity contribution in [1.82, 2.24) is 4.90 Å². The Morgan fingerprint density at radius 2 is 2.00 bits per heavy atom. The lowest BCUT2D eigenvalue weighted by Gasteiger charge is -2.53. The summed E-state index contributed by atoms with van der Waals surface area (Å²) < 4.78 is 0. The van der Waals surface area contributed by atoms with E-state index in [1.54, 1.807) is 0 Å². The molecule has 0 N–H and O–H groups in total. The number of rotatable bonds is 2. The molecule has 0 spiro atoms. The van der Waals surface area contributed by atoms with Gasteiger partial charge in [0.05, 0.1) is 0 Å². The molecular weight excluding hydrogens is 158 g/mol. The Bertz CT molecular complexity index is 195. The van der Waals surface area contributed by atoms with Crippen molar-refractivity contribution in [1.29, 1.82) is 0 Å². The Balaban J connectivity index is 2.87. The fourth-order valence-corrected chi connectivity index (χ4v) is 2.42. The van der Waals surface area contributed by atoms with Crippen LogP contribution in [-0.2, 0) is 0 Å². The van der Waals surface area contributed by atoms with Crippen LogP contribution in [0.5, 0.6) is 0 Å². The van der Waals surface area contributed by atoms with Crippen LogP contribution in [-0.4, -0.2) is 24.0 Å². The van der Waals surface area contributed by atoms with E-state index in [9.17, 15) is 0 Å². The highest BCUT2D eigenvalue weighted by atomic mass is 15.2. The molecule has 1 nitrogen and oxygen atoms in total. The van der Waals surface area contributed by atoms with Gasteiger partial charge in [0.1, 0.15) is 0 Å². The predicted octanol–water partition coefficient (Wildman–Crippen LogP) is 3.07. The first-order valence-electron chi connectivity index (χ1n) is 5.26. The summed E-state index contributed by atoms with van der Waals surface area (Å²) in [5, 5.41) is 0. The molecule has 0 aromatic carbocycles. The fourth-order valence-electron chi connectivity index (χ4n) is 2.42. The zero-order valence-electron chi connectivity index (χ0n) is 9.56. The van der Waals surface area contributed by atoms with E-state index in [-0.39, 0.29) is 0 Å². The summed E-state index contributed by atoms with van der Waals surface area (Å²) in [6.45, 7) is 12.2. The van der Waals surface area contributed by atoms with Gasteiger partial charge in [0, 0.05) is 5.54 Å². The lowest BCUT2D eigenvalue weighted by atomic mass is 9.65. The second-order valence-electron chi connectivity index (χ2n) is 5.14. The van der Waals surface area contributed by atoms with Crippen molar-refractivity contribution in [3.05, 3.63) is 12.7 Å². The summed E-state index contributed by atoms with van der Waals surface area (Å²) in [6, 6.07) is 0. The number of nitrogens with zero attached hydrogens (tertiary/aromatic N) is 1. The smallest absolute Gasteiger partial charge is 0.0206 e. The molecule has 0 aromatic rings. The number of piperidine rings is 1. The Kier molecular flexibility index (Phi) is 2.86. The topological polar surface area (TPSA) is 3.24 Å². The van der Waals surface area contributed by atoms with Gasteiger partial charge < -0.3 is 4.90 Å². The molecular formula is C12H23N. The molecule has 1 aliphatic rings. The standard InChI is InChI=1S/C12H23N/c1-6-8-12(4)9-7-10-13(5)11(12,2)3/h6H,1,7-10H2,2-5H3. The predicted molar refractivity (Wildman–Crippen MR) is 58.9 cm³/mol. The molecule has 0 saturated carbocycles. The second kappa shape index (κ2) is 3.45. The summed E-state index contributed by atoms with van der Waals surface area (Å²) in [4.78, 5) is 2.49. The summed E-state index contributed by atoms with van der Waals surface area (Å²) in [6.07, 6.45) is 5.85. The highest BCUT2D eigenvalue weighted by molar-refractivity contribution is 5.02. The number of hydrogen-bond donors (Lipinski definition) is 0. The van der Waals surface area contributed by atoms with Crippen molar-refractivity contribution < 1.29 is 0 Å². The molecule has 1 rings (SSSR count). The third kappa shape index (κ3) is 1.67. The van der Waals surface area contributed by atoms with Gasteiger partial charge in [-0.3, -0.25) is 0 Å². The van der Waals surface area contributed by atoms with Crippen LogP contribution >= 0.6 is 0 Å². The second-order valence-corrected chi connectivity index (χ2v) is 5.14. The van der Waals surface area contributed by atoms with Gasteiger partial charge in [0.25, 0.3) is 0 Å². The fraction of sp³-hybridized carbons (Fsp3) is 0.833. The van der Waals surface area contributed by atoms with E-state index in [1.165, 1.54) is 19.4 Å². The van der Waals surface area contributed by atoms with Gasteiger partial charge >= 0.3 is 0 Å². The van der Waals surface area contributed by atoms with E-state index in [4.69, 9.17) is 0 Å². The first-order valence-corrected chi connectivity index (χ1v) is 5.26. The van der Waals surface area contributed by atoms with Crippen LogP contribution in [0.1, 0.15) is 40.0 Å². The zero-order valence-corrected chi connectivity index (χ0v) is 9.56. The van der Waals surface area contributed by atoms with Crippen molar-refractivity contribution >= 4 is 0 Å². The van der Waals surface area contributed by atoms with Crippen LogP contribution in [0.3, 0.4) is 0 Å². The average molecular weight is 181 g/mol. The largest absolute Gasteiger partial charge is 0.301 e. The molecule has 0 radical (unpaired) electrons. The number of hydrogen-bond acceptors (Lipinski definition) is 1. The Morgan fingerprint density at radius 3 is 2.54 bits per heavy atom. The maximum Gasteiger partial charge on any atom is 0.0206 e. The first-order chi connectivity index (χ1) is 5.94. The molecule has 1 fully saturated rings. The van der Waals surface area contributed by atoms with Crippen molar-refractivity contribution in [3.8, 4) is 0 Å². The Morgan fingerprint density at radius 1 is 1.38 bits per heavy atom. The molecule has 76 valence electrons. The number of allylic oxidation sites excluding steroid dienone is 1. The van der Waals surface area contributed by atoms with Crippen LogP contribution in [0.4, 0.5) is 0 Å². The average Bonchev–Trinajstić information content (AvgIpc) is 2.02. The van der Waals surface area contributed by atoms with E-state index in [0.29, 0.717) is 11.0 Å². The molecule has 0 amide bonds. The van der Waals surface area contributed by atoms with Crippen molar-refractivity contribution in [2.24, 2.45) is 5.41 Å². The molecule has 1 heterocycles. The molecule has 0 aliphatic carbocycles. The SMILES string of the molecule is C=CCC1(C)CCCN(C)C1(C)C. The van der Waals surface area contributed by atoms with Gasteiger partial charge in [0.2, 0.25) is 0 Å². The molecule has 13 heavy (non-hydrogen) atoms. The van der Waals surface area contributed by atoms with Gasteiger partial charge in [-0.15, -0.1) is 6.58 Å². The highest BCUT2D eigenvalue weighted by Crippen LogP contribution is 2.45. The summed E-state index contributed by atoms with van der Waals surface area (Å²) >= 11 is 0. The van der Waals surface area contributed by atoms with Crippen LogP contribution in [0.2, 0.25) is 0 Å². The Hall–Kier alpha value is -0.300. The summed E-state index contributed by atoms with van der Waals surface area (Å²) in [5.41, 5.74) is 0.710. The Labute approximate surface area is 82.8 Å². The van der Waals surface area contributed by atoms with E-state index in [2.05, 4.69) is 45.4 Å². The van der Waals surface area contributed by atoms with Crippen molar-refractivity contribution in [3.63, 3.8) is 0 Å². The van der Waals surface area contributed by atoms with E-state index in [0.717, 1.165) is 6.42 Å². The van der Waals surface area contributed by atoms with Gasteiger partial charge in [-0.2, -0.15) is 0 Å². The quantitative estimate of drug-likeness (QED) is 0.592. The summed E-state index contributed by atoms with van der Waals surface area (Å²) in [7, 11) is 2.24. The van der Waals surface area contributed by atoms with Crippen molar-refractivity contribution in [2.45, 2.75) is 45.6 Å². The lowest BCUT2D eigenvalue weighted by molar-refractivity contribution is -0.0227. The van der Waals surface area contributed by atoms with E-state index in [1.807, 2.05) is 0 Å². The first kappa shape index (κ1) is 10.8. The normalized spacial score (nSPS) is 34.5. The maximum absolute atomic E-state index is 3.87. The van der Waals surface area contributed by atoms with Gasteiger partial charge in [0.15, 0.2) is 0 Å². The third-order valence-corrected chi connectivity index (χ3v) is 4.25. The van der Waals surface area contributed by atoms with Gasteiger partial charge in [-0.05, 0) is 52.1 Å². The van der Waals surface area contributed by atoms with Gasteiger partial charge in [-0.1, -0.05) is 13.0 Å².